The molecule has 0 atom stereocenters. The number of fused-ring (bicyclic) bond motifs is 1. The van der Waals surface area contributed by atoms with Crippen molar-refractivity contribution >= 4 is 16.7 Å². The van der Waals surface area contributed by atoms with Crippen LogP contribution in [0.15, 0.2) is 65.1 Å². The van der Waals surface area contributed by atoms with Gasteiger partial charge in [0, 0.05) is 11.3 Å². The van der Waals surface area contributed by atoms with E-state index in [2.05, 4.69) is 9.97 Å². The Morgan fingerprint density at radius 1 is 0.905 bits per heavy atom. The average molecular weight is 275 g/mol. The number of nitrogens with zero attached hydrogens (tertiary/aromatic N) is 1. The fourth-order valence-corrected chi connectivity index (χ4v) is 2.38. The van der Waals surface area contributed by atoms with Crippen LogP contribution < -0.4 is 5.73 Å². The van der Waals surface area contributed by atoms with Crippen LogP contribution in [-0.2, 0) is 0 Å². The number of benzene rings is 2. The highest BCUT2D eigenvalue weighted by atomic mass is 16.3. The molecule has 3 N–H and O–H groups in total. The molecule has 0 amide bonds. The number of imidazole rings is 1. The number of furan rings is 1. The third-order valence-electron chi connectivity index (χ3n) is 3.40. The van der Waals surface area contributed by atoms with Crippen molar-refractivity contribution in [2.24, 2.45) is 0 Å². The molecule has 4 aromatic rings. The van der Waals surface area contributed by atoms with E-state index < -0.39 is 0 Å². The second-order valence-corrected chi connectivity index (χ2v) is 4.89. The molecule has 4 nitrogen and oxygen atoms in total. The maximum atomic E-state index is 5.89. The predicted octanol–water partition coefficient (Wildman–Crippen LogP) is 4.07. The molecule has 0 saturated heterocycles. The van der Waals surface area contributed by atoms with Crippen LogP contribution in [0.1, 0.15) is 0 Å². The first-order chi connectivity index (χ1) is 10.3. The van der Waals surface area contributed by atoms with Crippen LogP contribution in [0.3, 0.4) is 0 Å². The maximum absolute atomic E-state index is 5.89. The average Bonchev–Trinajstić information content (AvgIpc) is 3.14. The first-order valence-electron chi connectivity index (χ1n) is 6.70. The van der Waals surface area contributed by atoms with Crippen molar-refractivity contribution in [3.63, 3.8) is 0 Å². The minimum Gasteiger partial charge on any atom is -0.453 e. The number of nitrogen functional groups attached to an aromatic ring is 1. The summed E-state index contributed by atoms with van der Waals surface area (Å²) in [6, 6.07) is 19.4. The van der Waals surface area contributed by atoms with E-state index in [9.17, 15) is 0 Å². The highest BCUT2D eigenvalue weighted by molar-refractivity contribution is 5.78. The SMILES string of the molecule is Nc1cccc(-c2ccc(-c3nc4ccccc4[nH]3)o2)c1. The van der Waals surface area contributed by atoms with Crippen LogP contribution in [-0.4, -0.2) is 9.97 Å². The minimum atomic E-state index is 0.712. The van der Waals surface area contributed by atoms with E-state index in [1.54, 1.807) is 0 Å². The molecule has 0 unspecified atom stereocenters. The van der Waals surface area contributed by atoms with E-state index in [0.29, 0.717) is 11.4 Å². The van der Waals surface area contributed by atoms with Crippen molar-refractivity contribution in [2.75, 3.05) is 5.73 Å². The molecule has 102 valence electrons. The van der Waals surface area contributed by atoms with E-state index >= 15 is 0 Å². The first-order valence-corrected chi connectivity index (χ1v) is 6.70. The Morgan fingerprint density at radius 3 is 2.62 bits per heavy atom. The maximum Gasteiger partial charge on any atom is 0.174 e. The molecular weight excluding hydrogens is 262 g/mol. The Bertz CT molecular complexity index is 887. The summed E-state index contributed by atoms with van der Waals surface area (Å²) in [7, 11) is 0. The molecule has 0 bridgehead atoms. The Kier molecular flexibility index (Phi) is 2.54. The lowest BCUT2D eigenvalue weighted by Crippen LogP contribution is -1.83. The van der Waals surface area contributed by atoms with Crippen LogP contribution in [0.25, 0.3) is 33.9 Å². The Balaban J connectivity index is 1.77. The number of H-pyrrole nitrogens is 1. The molecule has 21 heavy (non-hydrogen) atoms. The van der Waals surface area contributed by atoms with Crippen LogP contribution in [0.2, 0.25) is 0 Å². The highest BCUT2D eigenvalue weighted by Gasteiger charge is 2.10. The van der Waals surface area contributed by atoms with E-state index in [4.69, 9.17) is 10.2 Å². The smallest absolute Gasteiger partial charge is 0.174 e. The van der Waals surface area contributed by atoms with Crippen molar-refractivity contribution in [3.8, 4) is 22.9 Å². The summed E-state index contributed by atoms with van der Waals surface area (Å²) in [5.41, 5.74) is 9.40. The van der Waals surface area contributed by atoms with Crippen molar-refractivity contribution < 1.29 is 4.42 Å². The topological polar surface area (TPSA) is 67.8 Å². The lowest BCUT2D eigenvalue weighted by atomic mass is 10.1. The molecule has 2 aromatic carbocycles. The summed E-state index contributed by atoms with van der Waals surface area (Å²) in [5.74, 6) is 2.22. The van der Waals surface area contributed by atoms with Gasteiger partial charge in [-0.2, -0.15) is 0 Å². The summed E-state index contributed by atoms with van der Waals surface area (Å²) in [6.07, 6.45) is 0. The number of nitrogens with one attached hydrogen (secondary N) is 1. The fourth-order valence-electron chi connectivity index (χ4n) is 2.38. The van der Waals surface area contributed by atoms with Crippen LogP contribution in [0, 0.1) is 0 Å². The number of para-hydroxylation sites is 2. The standard InChI is InChI=1S/C17H13N3O/c18-12-5-3-4-11(10-12)15-8-9-16(21-15)17-19-13-6-1-2-7-14(13)20-17/h1-10H,18H2,(H,19,20). The summed E-state index contributed by atoms with van der Waals surface area (Å²) in [5, 5.41) is 0. The first kappa shape index (κ1) is 11.8. The van der Waals surface area contributed by atoms with Gasteiger partial charge >= 0.3 is 0 Å². The highest BCUT2D eigenvalue weighted by Crippen LogP contribution is 2.28. The lowest BCUT2D eigenvalue weighted by Gasteiger charge is -1.98. The Labute approximate surface area is 121 Å². The number of hydrogen-bond donors (Lipinski definition) is 2. The molecule has 0 aliphatic heterocycles. The summed E-state index contributed by atoms with van der Waals surface area (Å²) in [4.78, 5) is 7.79. The normalized spacial score (nSPS) is 11.0. The van der Waals surface area contributed by atoms with Gasteiger partial charge in [-0.25, -0.2) is 4.98 Å². The van der Waals surface area contributed by atoms with Gasteiger partial charge in [0.05, 0.1) is 11.0 Å². The third kappa shape index (κ3) is 2.07. The monoisotopic (exact) mass is 275 g/mol. The van der Waals surface area contributed by atoms with Gasteiger partial charge in [0.15, 0.2) is 11.6 Å². The molecule has 0 saturated carbocycles. The molecule has 2 aromatic heterocycles. The molecule has 0 fully saturated rings. The number of hydrogen-bond acceptors (Lipinski definition) is 3. The van der Waals surface area contributed by atoms with Crippen molar-refractivity contribution in [1.29, 1.82) is 0 Å². The van der Waals surface area contributed by atoms with Gasteiger partial charge in [0.25, 0.3) is 0 Å². The van der Waals surface area contributed by atoms with Crippen molar-refractivity contribution in [1.82, 2.24) is 9.97 Å². The van der Waals surface area contributed by atoms with Gasteiger partial charge in [-0.3, -0.25) is 0 Å². The van der Waals surface area contributed by atoms with Gasteiger partial charge in [-0.15, -0.1) is 0 Å². The van der Waals surface area contributed by atoms with Crippen molar-refractivity contribution in [2.45, 2.75) is 0 Å². The molecule has 4 heteroatoms. The van der Waals surface area contributed by atoms with E-state index in [1.807, 2.05) is 60.7 Å². The zero-order valence-electron chi connectivity index (χ0n) is 11.2. The largest absolute Gasteiger partial charge is 0.453 e. The van der Waals surface area contributed by atoms with Gasteiger partial charge in [0.1, 0.15) is 5.76 Å². The van der Waals surface area contributed by atoms with E-state index in [-0.39, 0.29) is 0 Å². The van der Waals surface area contributed by atoms with Crippen LogP contribution in [0.5, 0.6) is 0 Å². The third-order valence-corrected chi connectivity index (χ3v) is 3.40. The van der Waals surface area contributed by atoms with Gasteiger partial charge < -0.3 is 15.1 Å². The zero-order chi connectivity index (χ0) is 14.2. The second-order valence-electron chi connectivity index (χ2n) is 4.89. The molecule has 0 radical (unpaired) electrons. The predicted molar refractivity (Wildman–Crippen MR) is 83.6 cm³/mol. The number of rotatable bonds is 2. The number of aromatic amines is 1. The Morgan fingerprint density at radius 2 is 1.76 bits per heavy atom. The van der Waals surface area contributed by atoms with Gasteiger partial charge in [-0.1, -0.05) is 24.3 Å². The lowest BCUT2D eigenvalue weighted by molar-refractivity contribution is 0.593. The molecule has 0 aliphatic carbocycles. The summed E-state index contributed by atoms with van der Waals surface area (Å²) in [6.45, 7) is 0. The minimum absolute atomic E-state index is 0.712. The molecule has 2 heterocycles. The number of nitrogens with two attached hydrogens (primary N) is 1. The van der Waals surface area contributed by atoms with Crippen LogP contribution >= 0.6 is 0 Å². The van der Waals surface area contributed by atoms with Crippen LogP contribution in [0.4, 0.5) is 5.69 Å². The summed E-state index contributed by atoms with van der Waals surface area (Å²) < 4.78 is 5.89. The van der Waals surface area contributed by atoms with Crippen molar-refractivity contribution in [3.05, 3.63) is 60.7 Å². The number of aromatic nitrogens is 2. The summed E-state index contributed by atoms with van der Waals surface area (Å²) >= 11 is 0. The number of anilines is 1. The Hall–Kier alpha value is -3.01. The molecule has 4 rings (SSSR count). The quantitative estimate of drug-likeness (QED) is 0.542. The second kappa shape index (κ2) is 4.52. The van der Waals surface area contributed by atoms with E-state index in [0.717, 1.165) is 28.2 Å². The zero-order valence-corrected chi connectivity index (χ0v) is 11.2. The van der Waals surface area contributed by atoms with E-state index in [1.165, 1.54) is 0 Å². The molecular formula is C17H13N3O. The fraction of sp³-hybridized carbons (Fsp3) is 0. The molecule has 0 spiro atoms. The van der Waals surface area contributed by atoms with Gasteiger partial charge in [0.2, 0.25) is 0 Å². The molecule has 0 aliphatic rings. The van der Waals surface area contributed by atoms with Gasteiger partial charge in [-0.05, 0) is 36.4 Å².